The molecule has 0 aliphatic carbocycles. The van der Waals surface area contributed by atoms with Gasteiger partial charge in [-0.15, -0.1) is 0 Å². The molecule has 1 aliphatic rings. The summed E-state index contributed by atoms with van der Waals surface area (Å²) in [6.07, 6.45) is 1.22. The minimum Gasteiger partial charge on any atom is -0.473 e. The number of nitrogens with zero attached hydrogens (tertiary/aromatic N) is 2. The van der Waals surface area contributed by atoms with Crippen molar-refractivity contribution in [1.82, 2.24) is 4.98 Å². The van der Waals surface area contributed by atoms with E-state index in [0.717, 1.165) is 5.75 Å². The van der Waals surface area contributed by atoms with Crippen molar-refractivity contribution in [3.05, 3.63) is 12.1 Å². The number of nitrogens with two attached hydrogens (primary N) is 1. The number of anilines is 2. The summed E-state index contributed by atoms with van der Waals surface area (Å²) in [6.45, 7) is 4.43. The van der Waals surface area contributed by atoms with Gasteiger partial charge in [0.1, 0.15) is 11.2 Å². The zero-order chi connectivity index (χ0) is 15.6. The molecule has 1 aliphatic heterocycles. The molecule has 0 saturated carbocycles. The highest BCUT2D eigenvalue weighted by Gasteiger charge is 2.32. The van der Waals surface area contributed by atoms with E-state index in [1.165, 1.54) is 6.26 Å². The van der Waals surface area contributed by atoms with Crippen molar-refractivity contribution < 1.29 is 13.2 Å². The van der Waals surface area contributed by atoms with E-state index in [2.05, 4.69) is 4.98 Å². The summed E-state index contributed by atoms with van der Waals surface area (Å²) in [4.78, 5) is 6.22. The van der Waals surface area contributed by atoms with Crippen molar-refractivity contribution in [2.24, 2.45) is 0 Å². The van der Waals surface area contributed by atoms with E-state index < -0.39 is 15.2 Å². The van der Waals surface area contributed by atoms with Crippen LogP contribution < -0.4 is 15.4 Å². The van der Waals surface area contributed by atoms with E-state index in [4.69, 9.17) is 10.5 Å². The molecule has 1 atom stereocenters. The highest BCUT2D eigenvalue weighted by Crippen LogP contribution is 2.29. The van der Waals surface area contributed by atoms with Crippen LogP contribution in [0.1, 0.15) is 13.8 Å². The summed E-state index contributed by atoms with van der Waals surface area (Å²) in [5, 5.41) is -0.556. The van der Waals surface area contributed by atoms with Gasteiger partial charge in [0.15, 0.2) is 9.84 Å². The molecular weight excluding hydrogens is 310 g/mol. The molecule has 0 spiro atoms. The predicted molar refractivity (Wildman–Crippen MR) is 87.7 cm³/mol. The van der Waals surface area contributed by atoms with E-state index in [9.17, 15) is 8.42 Å². The van der Waals surface area contributed by atoms with Crippen molar-refractivity contribution in [1.29, 1.82) is 0 Å². The van der Waals surface area contributed by atoms with Gasteiger partial charge in [0.05, 0.1) is 11.8 Å². The second kappa shape index (κ2) is 6.31. The van der Waals surface area contributed by atoms with Crippen molar-refractivity contribution >= 4 is 33.1 Å². The zero-order valence-corrected chi connectivity index (χ0v) is 14.1. The first-order valence-corrected chi connectivity index (χ1v) is 9.86. The van der Waals surface area contributed by atoms with Crippen LogP contribution in [-0.2, 0) is 9.84 Å². The number of rotatable bonds is 4. The molecule has 1 saturated heterocycles. The minimum atomic E-state index is -3.18. The van der Waals surface area contributed by atoms with E-state index in [1.54, 1.807) is 23.9 Å². The lowest BCUT2D eigenvalue weighted by Gasteiger charge is -2.35. The van der Waals surface area contributed by atoms with Gasteiger partial charge in [0.25, 0.3) is 0 Å². The number of ether oxygens (including phenoxy) is 1. The maximum Gasteiger partial charge on any atom is 0.239 e. The van der Waals surface area contributed by atoms with Crippen LogP contribution in [-0.4, -0.2) is 49.2 Å². The van der Waals surface area contributed by atoms with Crippen LogP contribution in [0.2, 0.25) is 0 Å². The predicted octanol–water partition coefficient (Wildman–Crippen LogP) is 1.37. The first-order valence-electron chi connectivity index (χ1n) is 6.75. The molecule has 1 aromatic heterocycles. The second-order valence-electron chi connectivity index (χ2n) is 5.28. The maximum absolute atomic E-state index is 12.0. The van der Waals surface area contributed by atoms with Crippen molar-refractivity contribution in [2.45, 2.75) is 25.3 Å². The molecule has 0 aromatic carbocycles. The maximum atomic E-state index is 12.0. The van der Waals surface area contributed by atoms with Crippen LogP contribution in [0.4, 0.5) is 11.5 Å². The molecule has 2 rings (SSSR count). The Kier molecular flexibility index (Phi) is 4.88. The average Bonchev–Trinajstić information content (AvgIpc) is 2.40. The van der Waals surface area contributed by atoms with Crippen molar-refractivity contribution in [2.75, 3.05) is 34.9 Å². The lowest BCUT2D eigenvalue weighted by Crippen LogP contribution is -2.47. The summed E-state index contributed by atoms with van der Waals surface area (Å²) < 4.78 is 29.5. The van der Waals surface area contributed by atoms with Crippen LogP contribution in [0.5, 0.6) is 5.88 Å². The van der Waals surface area contributed by atoms with Crippen LogP contribution in [0, 0.1) is 0 Å². The minimum absolute atomic E-state index is 0.0438. The van der Waals surface area contributed by atoms with Crippen LogP contribution >= 0.6 is 11.8 Å². The van der Waals surface area contributed by atoms with E-state index in [0.29, 0.717) is 29.7 Å². The third-order valence-electron chi connectivity index (χ3n) is 3.10. The number of thioether (sulfide) groups is 1. The number of nitrogen functional groups attached to an aromatic ring is 1. The quantitative estimate of drug-likeness (QED) is 0.892. The molecule has 21 heavy (non-hydrogen) atoms. The fraction of sp³-hybridized carbons (Fsp3) is 0.615. The van der Waals surface area contributed by atoms with Gasteiger partial charge in [-0.1, -0.05) is 0 Å². The number of pyridine rings is 1. The summed E-state index contributed by atoms with van der Waals surface area (Å²) in [6, 6.07) is 3.46. The van der Waals surface area contributed by atoms with Gasteiger partial charge in [0, 0.05) is 24.3 Å². The summed E-state index contributed by atoms with van der Waals surface area (Å²) >= 11 is 1.64. The molecule has 1 aromatic rings. The molecule has 0 amide bonds. The number of sulfone groups is 1. The van der Waals surface area contributed by atoms with Gasteiger partial charge in [-0.2, -0.15) is 16.7 Å². The van der Waals surface area contributed by atoms with E-state index >= 15 is 0 Å². The van der Waals surface area contributed by atoms with Gasteiger partial charge < -0.3 is 15.4 Å². The van der Waals surface area contributed by atoms with Crippen molar-refractivity contribution in [3.8, 4) is 5.88 Å². The van der Waals surface area contributed by atoms with Gasteiger partial charge in [-0.3, -0.25) is 0 Å². The summed E-state index contributed by atoms with van der Waals surface area (Å²) in [5.41, 5.74) is 6.31. The Morgan fingerprint density at radius 2 is 2.19 bits per heavy atom. The molecule has 0 bridgehead atoms. The molecule has 2 heterocycles. The fourth-order valence-corrected chi connectivity index (χ4v) is 4.94. The normalized spacial score (nSPS) is 19.8. The SMILES string of the molecule is CC(C)Oc1nc(N2CCSCC2S(C)(=O)=O)ccc1N. The molecule has 0 radical (unpaired) electrons. The van der Waals surface area contributed by atoms with Crippen LogP contribution in [0.3, 0.4) is 0 Å². The molecule has 2 N–H and O–H groups in total. The molecule has 1 fully saturated rings. The van der Waals surface area contributed by atoms with E-state index in [1.807, 2.05) is 18.7 Å². The zero-order valence-electron chi connectivity index (χ0n) is 12.4. The number of hydrogen-bond acceptors (Lipinski definition) is 7. The standard InChI is InChI=1S/C13H21N3O3S2/c1-9(2)19-13-10(14)4-5-11(15-13)16-6-7-20-8-12(16)21(3,17)18/h4-5,9,12H,6-8,14H2,1-3H3. The number of hydrogen-bond donors (Lipinski definition) is 1. The third-order valence-corrected chi connectivity index (χ3v) is 5.74. The molecule has 6 nitrogen and oxygen atoms in total. The van der Waals surface area contributed by atoms with Gasteiger partial charge in [-0.05, 0) is 26.0 Å². The second-order valence-corrected chi connectivity index (χ2v) is 8.64. The molecule has 118 valence electrons. The van der Waals surface area contributed by atoms with Gasteiger partial charge in [-0.25, -0.2) is 8.42 Å². The Balaban J connectivity index is 2.35. The molecule has 1 unspecified atom stereocenters. The first kappa shape index (κ1) is 16.2. The summed E-state index contributed by atoms with van der Waals surface area (Å²) in [7, 11) is -3.18. The van der Waals surface area contributed by atoms with E-state index in [-0.39, 0.29) is 6.10 Å². The third kappa shape index (κ3) is 3.94. The Bertz CT molecular complexity index is 605. The van der Waals surface area contributed by atoms with Gasteiger partial charge in [0.2, 0.25) is 5.88 Å². The Morgan fingerprint density at radius 1 is 1.48 bits per heavy atom. The highest BCUT2D eigenvalue weighted by molar-refractivity contribution is 8.01. The smallest absolute Gasteiger partial charge is 0.239 e. The largest absolute Gasteiger partial charge is 0.473 e. The lowest BCUT2D eigenvalue weighted by atomic mass is 10.3. The topological polar surface area (TPSA) is 85.5 Å². The van der Waals surface area contributed by atoms with Gasteiger partial charge >= 0.3 is 0 Å². The Morgan fingerprint density at radius 3 is 2.81 bits per heavy atom. The average molecular weight is 331 g/mol. The Hall–Kier alpha value is -1.15. The lowest BCUT2D eigenvalue weighted by molar-refractivity contribution is 0.234. The summed E-state index contributed by atoms with van der Waals surface area (Å²) in [5.74, 6) is 2.37. The highest BCUT2D eigenvalue weighted by atomic mass is 32.2. The monoisotopic (exact) mass is 331 g/mol. The van der Waals surface area contributed by atoms with Crippen LogP contribution in [0.15, 0.2) is 12.1 Å². The first-order chi connectivity index (χ1) is 9.79. The molecule has 8 heteroatoms. The van der Waals surface area contributed by atoms with Crippen molar-refractivity contribution in [3.63, 3.8) is 0 Å². The molecular formula is C13H21N3O3S2. The van der Waals surface area contributed by atoms with Crippen LogP contribution in [0.25, 0.3) is 0 Å². The number of aromatic nitrogens is 1. The fourth-order valence-electron chi connectivity index (χ4n) is 2.12. The Labute approximate surface area is 130 Å².